The molecule has 0 atom stereocenters. The van der Waals surface area contributed by atoms with Crippen molar-refractivity contribution in [2.45, 2.75) is 39.2 Å². The Hall–Kier alpha value is -0.980. The van der Waals surface area contributed by atoms with E-state index in [0.29, 0.717) is 12.5 Å². The van der Waals surface area contributed by atoms with Gasteiger partial charge in [-0.05, 0) is 86.4 Å². The van der Waals surface area contributed by atoms with Crippen LogP contribution >= 0.6 is 22.6 Å². The second-order valence-corrected chi connectivity index (χ2v) is 7.92. The van der Waals surface area contributed by atoms with Gasteiger partial charge >= 0.3 is 6.09 Å². The maximum absolute atomic E-state index is 12.0. The summed E-state index contributed by atoms with van der Waals surface area (Å²) in [6.45, 7) is 7.89. The topological polar surface area (TPSA) is 38.8 Å². The van der Waals surface area contributed by atoms with Crippen LogP contribution in [0, 0.1) is 9.49 Å². The number of ether oxygens (including phenoxy) is 2. The molecule has 0 radical (unpaired) electrons. The molecule has 0 unspecified atom stereocenters. The van der Waals surface area contributed by atoms with Crippen molar-refractivity contribution in [3.8, 4) is 5.75 Å². The number of carbonyl (C=O) groups excluding carboxylic acids is 1. The number of hydrogen-bond donors (Lipinski definition) is 0. The van der Waals surface area contributed by atoms with Crippen molar-refractivity contribution >= 4 is 28.7 Å². The van der Waals surface area contributed by atoms with Crippen LogP contribution in [0.4, 0.5) is 4.79 Å². The molecule has 122 valence electrons. The van der Waals surface area contributed by atoms with Crippen molar-refractivity contribution in [2.75, 3.05) is 19.7 Å². The van der Waals surface area contributed by atoms with Gasteiger partial charge in [0, 0.05) is 16.7 Å². The maximum atomic E-state index is 12.0. The van der Waals surface area contributed by atoms with E-state index in [-0.39, 0.29) is 6.09 Å². The molecule has 1 aromatic carbocycles. The monoisotopic (exact) mass is 417 g/mol. The van der Waals surface area contributed by atoms with Gasteiger partial charge in [0.25, 0.3) is 0 Å². The number of halogens is 1. The van der Waals surface area contributed by atoms with E-state index in [1.54, 1.807) is 4.90 Å². The number of carbonyl (C=O) groups is 1. The Morgan fingerprint density at radius 3 is 2.36 bits per heavy atom. The molecule has 0 spiro atoms. The summed E-state index contributed by atoms with van der Waals surface area (Å²) in [5.41, 5.74) is -0.429. The van der Waals surface area contributed by atoms with E-state index in [0.717, 1.165) is 31.7 Å². The minimum absolute atomic E-state index is 0.204. The highest BCUT2D eigenvalue weighted by atomic mass is 127. The molecule has 1 fully saturated rings. The molecule has 0 N–H and O–H groups in total. The third-order valence-corrected chi connectivity index (χ3v) is 4.28. The Kier molecular flexibility index (Phi) is 5.94. The summed E-state index contributed by atoms with van der Waals surface area (Å²) >= 11 is 2.28. The molecule has 0 saturated carbocycles. The van der Waals surface area contributed by atoms with Crippen LogP contribution in [0.25, 0.3) is 0 Å². The lowest BCUT2D eigenvalue weighted by atomic mass is 9.98. The summed E-state index contributed by atoms with van der Waals surface area (Å²) in [7, 11) is 0. The predicted octanol–water partition coefficient (Wildman–Crippen LogP) is 4.32. The van der Waals surface area contributed by atoms with Gasteiger partial charge in [-0.3, -0.25) is 0 Å². The number of hydrogen-bond acceptors (Lipinski definition) is 3. The summed E-state index contributed by atoms with van der Waals surface area (Å²) < 4.78 is 12.5. The Morgan fingerprint density at radius 1 is 1.23 bits per heavy atom. The van der Waals surface area contributed by atoms with Gasteiger partial charge < -0.3 is 14.4 Å². The number of piperidine rings is 1. The van der Waals surface area contributed by atoms with Crippen LogP contribution in [0.5, 0.6) is 5.75 Å². The highest BCUT2D eigenvalue weighted by Crippen LogP contribution is 2.21. The number of amides is 1. The second-order valence-electron chi connectivity index (χ2n) is 6.68. The van der Waals surface area contributed by atoms with Crippen LogP contribution in [0.15, 0.2) is 24.3 Å². The van der Waals surface area contributed by atoms with Crippen LogP contribution in [-0.2, 0) is 4.74 Å². The number of nitrogens with zero attached hydrogens (tertiary/aromatic N) is 1. The van der Waals surface area contributed by atoms with Crippen molar-refractivity contribution in [3.63, 3.8) is 0 Å². The van der Waals surface area contributed by atoms with Gasteiger partial charge in [0.2, 0.25) is 0 Å². The maximum Gasteiger partial charge on any atom is 0.410 e. The van der Waals surface area contributed by atoms with E-state index in [1.165, 1.54) is 3.57 Å². The number of likely N-dealkylation sites (tertiary alicyclic amines) is 1. The molecule has 4 nitrogen and oxygen atoms in total. The fourth-order valence-electron chi connectivity index (χ4n) is 2.35. The van der Waals surface area contributed by atoms with Gasteiger partial charge in [0.15, 0.2) is 0 Å². The fourth-order valence-corrected chi connectivity index (χ4v) is 2.71. The zero-order valence-electron chi connectivity index (χ0n) is 13.5. The van der Waals surface area contributed by atoms with Gasteiger partial charge in [-0.25, -0.2) is 4.79 Å². The van der Waals surface area contributed by atoms with Crippen molar-refractivity contribution < 1.29 is 14.3 Å². The van der Waals surface area contributed by atoms with Crippen LogP contribution in [-0.4, -0.2) is 36.3 Å². The first kappa shape index (κ1) is 17.4. The molecular formula is C17H24INO3. The zero-order chi connectivity index (χ0) is 16.2. The first-order valence-electron chi connectivity index (χ1n) is 7.70. The molecule has 5 heteroatoms. The molecular weight excluding hydrogens is 393 g/mol. The molecule has 2 rings (SSSR count). The van der Waals surface area contributed by atoms with E-state index in [2.05, 4.69) is 22.6 Å². The molecule has 0 aliphatic carbocycles. The van der Waals surface area contributed by atoms with E-state index in [9.17, 15) is 4.79 Å². The van der Waals surface area contributed by atoms with Gasteiger partial charge in [0.05, 0.1) is 6.61 Å². The fraction of sp³-hybridized carbons (Fsp3) is 0.588. The van der Waals surface area contributed by atoms with Crippen LogP contribution < -0.4 is 4.74 Å². The SMILES string of the molecule is CC(C)(C)OC(=O)N1CCC(COc2ccc(I)cc2)CC1. The lowest BCUT2D eigenvalue weighted by molar-refractivity contribution is 0.0165. The zero-order valence-corrected chi connectivity index (χ0v) is 15.6. The Bertz CT molecular complexity index is 488. The molecule has 1 amide bonds. The first-order valence-corrected chi connectivity index (χ1v) is 8.78. The van der Waals surface area contributed by atoms with Gasteiger partial charge in [-0.1, -0.05) is 0 Å². The summed E-state index contributed by atoms with van der Waals surface area (Å²) in [6, 6.07) is 8.08. The molecule has 0 bridgehead atoms. The largest absolute Gasteiger partial charge is 0.493 e. The quantitative estimate of drug-likeness (QED) is 0.688. The van der Waals surface area contributed by atoms with E-state index in [4.69, 9.17) is 9.47 Å². The Morgan fingerprint density at radius 2 is 1.82 bits per heavy atom. The third-order valence-electron chi connectivity index (χ3n) is 3.57. The molecule has 1 aliphatic heterocycles. The van der Waals surface area contributed by atoms with Crippen LogP contribution in [0.1, 0.15) is 33.6 Å². The molecule has 1 saturated heterocycles. The average Bonchev–Trinajstić information content (AvgIpc) is 2.45. The minimum Gasteiger partial charge on any atom is -0.493 e. The number of rotatable bonds is 3. The normalized spacial score (nSPS) is 16.5. The summed E-state index contributed by atoms with van der Waals surface area (Å²) in [5, 5.41) is 0. The van der Waals surface area contributed by atoms with Gasteiger partial charge in [-0.15, -0.1) is 0 Å². The van der Waals surface area contributed by atoms with Crippen molar-refractivity contribution in [2.24, 2.45) is 5.92 Å². The van der Waals surface area contributed by atoms with E-state index < -0.39 is 5.60 Å². The average molecular weight is 417 g/mol. The van der Waals surface area contributed by atoms with E-state index in [1.807, 2.05) is 45.0 Å². The summed E-state index contributed by atoms with van der Waals surface area (Å²) in [4.78, 5) is 13.8. The highest BCUT2D eigenvalue weighted by Gasteiger charge is 2.27. The van der Waals surface area contributed by atoms with Crippen LogP contribution in [0.3, 0.4) is 0 Å². The second kappa shape index (κ2) is 7.53. The van der Waals surface area contributed by atoms with Gasteiger partial charge in [-0.2, -0.15) is 0 Å². The lowest BCUT2D eigenvalue weighted by Gasteiger charge is -2.33. The molecule has 1 aliphatic rings. The molecule has 1 aromatic rings. The Balaban J connectivity index is 1.73. The Labute approximate surface area is 146 Å². The summed E-state index contributed by atoms with van der Waals surface area (Å²) in [6.07, 6.45) is 1.72. The highest BCUT2D eigenvalue weighted by molar-refractivity contribution is 14.1. The number of benzene rings is 1. The van der Waals surface area contributed by atoms with Crippen molar-refractivity contribution in [1.82, 2.24) is 4.90 Å². The van der Waals surface area contributed by atoms with Crippen LogP contribution in [0.2, 0.25) is 0 Å². The minimum atomic E-state index is -0.429. The smallest absolute Gasteiger partial charge is 0.410 e. The predicted molar refractivity (Wildman–Crippen MR) is 95.2 cm³/mol. The summed E-state index contributed by atoms with van der Waals surface area (Å²) in [5.74, 6) is 1.41. The molecule has 1 heterocycles. The lowest BCUT2D eigenvalue weighted by Crippen LogP contribution is -2.42. The molecule has 22 heavy (non-hydrogen) atoms. The van der Waals surface area contributed by atoms with Crippen molar-refractivity contribution in [1.29, 1.82) is 0 Å². The standard InChI is InChI=1S/C17H24INO3/c1-17(2,3)22-16(20)19-10-8-13(9-11-19)12-21-15-6-4-14(18)5-7-15/h4-7,13H,8-12H2,1-3H3. The first-order chi connectivity index (χ1) is 10.3. The van der Waals surface area contributed by atoms with E-state index >= 15 is 0 Å². The molecule has 0 aromatic heterocycles. The van der Waals surface area contributed by atoms with Crippen molar-refractivity contribution in [3.05, 3.63) is 27.8 Å². The third kappa shape index (κ3) is 5.66. The van der Waals surface area contributed by atoms with Gasteiger partial charge in [0.1, 0.15) is 11.4 Å².